The number of carbonyl (C=O) groups excluding carboxylic acids is 2. The molecule has 1 aromatic carbocycles. The molecular weight excluding hydrogens is 466 g/mol. The summed E-state index contributed by atoms with van der Waals surface area (Å²) in [6.45, 7) is 0. The largest absolute Gasteiger partial charge is 0.465 e. The number of nitriles is 2. The minimum atomic E-state index is -0.778. The fourth-order valence-corrected chi connectivity index (χ4v) is 3.48. The van der Waals surface area contributed by atoms with Gasteiger partial charge in [0.25, 0.3) is 5.69 Å². The fourth-order valence-electron chi connectivity index (χ4n) is 3.48. The van der Waals surface area contributed by atoms with E-state index in [2.05, 4.69) is 19.4 Å². The first kappa shape index (κ1) is 25.2. The van der Waals surface area contributed by atoms with Gasteiger partial charge in [-0.25, -0.2) is 9.59 Å². The van der Waals surface area contributed by atoms with Crippen molar-refractivity contribution in [3.05, 3.63) is 98.1 Å². The van der Waals surface area contributed by atoms with E-state index in [9.17, 15) is 30.2 Å². The summed E-state index contributed by atoms with van der Waals surface area (Å²) in [4.78, 5) is 40.4. The van der Waals surface area contributed by atoms with Crippen LogP contribution in [0.2, 0.25) is 0 Å². The molecule has 36 heavy (non-hydrogen) atoms. The minimum Gasteiger partial charge on any atom is -0.465 e. The number of methoxy groups -OCH3 is 2. The Morgan fingerprint density at radius 3 is 1.67 bits per heavy atom. The van der Waals surface area contributed by atoms with Gasteiger partial charge in [0.15, 0.2) is 0 Å². The van der Waals surface area contributed by atoms with E-state index < -0.39 is 22.8 Å². The number of carbonyl (C=O) groups is 2. The molecule has 3 rings (SSSR count). The van der Waals surface area contributed by atoms with Crippen LogP contribution in [-0.2, 0) is 19.1 Å². The van der Waals surface area contributed by atoms with Crippen molar-refractivity contribution in [2.24, 2.45) is 0 Å². The van der Waals surface area contributed by atoms with Gasteiger partial charge in [-0.3, -0.25) is 10.1 Å². The molecule has 11 heteroatoms. The molecule has 0 radical (unpaired) electrons. The average molecular weight is 485 g/mol. The number of nitrogens with one attached hydrogen (secondary N) is 2. The number of ether oxygens (including phenoxy) is 2. The third-order valence-corrected chi connectivity index (χ3v) is 5.17. The van der Waals surface area contributed by atoms with Crippen LogP contribution in [0.3, 0.4) is 0 Å². The first-order valence-corrected chi connectivity index (χ1v) is 10.3. The molecule has 0 aliphatic rings. The lowest BCUT2D eigenvalue weighted by Gasteiger charge is -2.15. The highest BCUT2D eigenvalue weighted by atomic mass is 16.6. The predicted octanol–water partition coefficient (Wildman–Crippen LogP) is 3.59. The number of hydrogen-bond acceptors (Lipinski definition) is 8. The van der Waals surface area contributed by atoms with E-state index in [1.165, 1.54) is 38.5 Å². The molecular formula is C25H19N5O6. The summed E-state index contributed by atoms with van der Waals surface area (Å²) in [7, 11) is 2.35. The zero-order chi connectivity index (χ0) is 26.2. The number of aromatic amines is 2. The smallest absolute Gasteiger partial charge is 0.348 e. The van der Waals surface area contributed by atoms with Crippen molar-refractivity contribution in [3.63, 3.8) is 0 Å². The zero-order valence-electron chi connectivity index (χ0n) is 19.1. The molecule has 0 spiro atoms. The van der Waals surface area contributed by atoms with E-state index in [1.54, 1.807) is 48.5 Å². The van der Waals surface area contributed by atoms with Crippen LogP contribution < -0.4 is 0 Å². The second kappa shape index (κ2) is 11.1. The molecule has 0 aliphatic heterocycles. The highest BCUT2D eigenvalue weighted by Crippen LogP contribution is 2.32. The van der Waals surface area contributed by atoms with E-state index in [0.717, 1.165) is 0 Å². The molecule has 2 aromatic heterocycles. The molecule has 2 N–H and O–H groups in total. The van der Waals surface area contributed by atoms with Crippen LogP contribution in [0.1, 0.15) is 34.3 Å². The normalized spacial score (nSPS) is 12.2. The molecule has 2 heterocycles. The van der Waals surface area contributed by atoms with Crippen molar-refractivity contribution in [3.8, 4) is 12.1 Å². The summed E-state index contributed by atoms with van der Waals surface area (Å²) in [6, 6.07) is 16.4. The fraction of sp³-hybridized carbons (Fsp3) is 0.120. The van der Waals surface area contributed by atoms with Crippen molar-refractivity contribution >= 4 is 29.8 Å². The second-order valence-corrected chi connectivity index (χ2v) is 7.34. The van der Waals surface area contributed by atoms with Crippen LogP contribution >= 0.6 is 0 Å². The number of aromatic nitrogens is 2. The number of nitro benzene ring substituents is 1. The van der Waals surface area contributed by atoms with Gasteiger partial charge < -0.3 is 19.4 Å². The number of benzene rings is 1. The maximum atomic E-state index is 11.8. The van der Waals surface area contributed by atoms with Crippen molar-refractivity contribution in [2.75, 3.05) is 14.2 Å². The third kappa shape index (κ3) is 5.55. The summed E-state index contributed by atoms with van der Waals surface area (Å²) < 4.78 is 9.20. The number of H-pyrrole nitrogens is 2. The van der Waals surface area contributed by atoms with Gasteiger partial charge in [0.05, 0.1) is 25.1 Å². The standard InChI is InChI=1S/C25H19N5O6/c1-35-24(31)16(13-26)11-18-5-9-21(28-18)23(15-3-7-20(8-4-15)30(33)34)22-10-6-19(29-22)12-17(14-27)25(32)36-2/h3-12,23,28-29H,1-2H3/b16-11+,17-12+. The summed E-state index contributed by atoms with van der Waals surface area (Å²) in [5.74, 6) is -2.04. The predicted molar refractivity (Wildman–Crippen MR) is 127 cm³/mol. The Balaban J connectivity index is 2.08. The quantitative estimate of drug-likeness (QED) is 0.160. The molecule has 0 atom stereocenters. The molecule has 0 unspecified atom stereocenters. The van der Waals surface area contributed by atoms with Gasteiger partial charge in [-0.2, -0.15) is 10.5 Å². The van der Waals surface area contributed by atoms with Crippen LogP contribution in [0, 0.1) is 32.8 Å². The Labute approximate surface area is 205 Å². The van der Waals surface area contributed by atoms with Crippen molar-refractivity contribution in [1.29, 1.82) is 10.5 Å². The third-order valence-electron chi connectivity index (χ3n) is 5.17. The summed E-state index contributed by atoms with van der Waals surface area (Å²) >= 11 is 0. The SMILES string of the molecule is COC(=O)/C(C#N)=C/c1ccc(C(c2ccc([N+](=O)[O-])cc2)c2ccc(/C=C(\C#N)C(=O)OC)[nH]2)[nH]1. The number of nitrogens with zero attached hydrogens (tertiary/aromatic N) is 3. The minimum absolute atomic E-state index is 0.0730. The highest BCUT2D eigenvalue weighted by Gasteiger charge is 2.22. The van der Waals surface area contributed by atoms with Crippen LogP contribution in [-0.4, -0.2) is 41.0 Å². The van der Waals surface area contributed by atoms with Crippen LogP contribution in [0.25, 0.3) is 12.2 Å². The zero-order valence-corrected chi connectivity index (χ0v) is 19.1. The summed E-state index contributed by atoms with van der Waals surface area (Å²) in [6.07, 6.45) is 2.70. The van der Waals surface area contributed by atoms with Crippen molar-refractivity contribution in [2.45, 2.75) is 5.92 Å². The van der Waals surface area contributed by atoms with Gasteiger partial charge in [-0.1, -0.05) is 12.1 Å². The Bertz CT molecular complexity index is 1360. The molecule has 0 bridgehead atoms. The second-order valence-electron chi connectivity index (χ2n) is 7.34. The molecule has 0 amide bonds. The number of hydrogen-bond donors (Lipinski definition) is 2. The monoisotopic (exact) mass is 485 g/mol. The molecule has 3 aromatic rings. The van der Waals surface area contributed by atoms with Gasteiger partial charge in [0, 0.05) is 34.9 Å². The molecule has 0 saturated carbocycles. The Kier molecular flexibility index (Phi) is 7.80. The lowest BCUT2D eigenvalue weighted by atomic mass is 9.92. The number of non-ortho nitro benzene ring substituents is 1. The Hall–Kier alpha value is -5.42. The van der Waals surface area contributed by atoms with Gasteiger partial charge in [0.1, 0.15) is 23.3 Å². The van der Waals surface area contributed by atoms with E-state index in [4.69, 9.17) is 0 Å². The highest BCUT2D eigenvalue weighted by molar-refractivity contribution is 5.98. The topological polar surface area (TPSA) is 175 Å². The number of nitro groups is 1. The first-order chi connectivity index (χ1) is 17.3. The average Bonchev–Trinajstić information content (AvgIpc) is 3.55. The molecule has 0 fully saturated rings. The van der Waals surface area contributed by atoms with E-state index >= 15 is 0 Å². The molecule has 0 saturated heterocycles. The van der Waals surface area contributed by atoms with Crippen LogP contribution in [0.4, 0.5) is 5.69 Å². The molecule has 0 aliphatic carbocycles. The van der Waals surface area contributed by atoms with Crippen molar-refractivity contribution in [1.82, 2.24) is 9.97 Å². The van der Waals surface area contributed by atoms with Crippen LogP contribution in [0.5, 0.6) is 0 Å². The Morgan fingerprint density at radius 1 is 0.861 bits per heavy atom. The maximum Gasteiger partial charge on any atom is 0.348 e. The summed E-state index contributed by atoms with van der Waals surface area (Å²) in [5.41, 5.74) is 2.43. The summed E-state index contributed by atoms with van der Waals surface area (Å²) in [5, 5.41) is 29.6. The van der Waals surface area contributed by atoms with E-state index in [-0.39, 0.29) is 16.8 Å². The molecule has 11 nitrogen and oxygen atoms in total. The van der Waals surface area contributed by atoms with Gasteiger partial charge in [0.2, 0.25) is 0 Å². The van der Waals surface area contributed by atoms with Gasteiger partial charge in [-0.15, -0.1) is 0 Å². The van der Waals surface area contributed by atoms with E-state index in [1.807, 2.05) is 0 Å². The van der Waals surface area contributed by atoms with Gasteiger partial charge >= 0.3 is 11.9 Å². The van der Waals surface area contributed by atoms with Gasteiger partial charge in [-0.05, 0) is 42.0 Å². The number of rotatable bonds is 8. The van der Waals surface area contributed by atoms with E-state index in [0.29, 0.717) is 28.3 Å². The van der Waals surface area contributed by atoms with Crippen LogP contribution in [0.15, 0.2) is 59.7 Å². The molecule has 180 valence electrons. The lowest BCUT2D eigenvalue weighted by molar-refractivity contribution is -0.384. The lowest BCUT2D eigenvalue weighted by Crippen LogP contribution is -2.06. The van der Waals surface area contributed by atoms with Crippen molar-refractivity contribution < 1.29 is 24.0 Å². The first-order valence-electron chi connectivity index (χ1n) is 10.3. The number of esters is 2. The maximum absolute atomic E-state index is 11.8. The Morgan fingerprint density at radius 2 is 1.31 bits per heavy atom.